The molecule has 0 aliphatic carbocycles. The topological polar surface area (TPSA) is 39.9 Å². The molecule has 1 unspecified atom stereocenters. The first-order chi connectivity index (χ1) is 8.00. The van der Waals surface area contributed by atoms with Gasteiger partial charge in [-0.25, -0.2) is 4.98 Å². The van der Waals surface area contributed by atoms with Gasteiger partial charge in [-0.1, -0.05) is 20.8 Å². The molecule has 2 heterocycles. The van der Waals surface area contributed by atoms with E-state index < -0.39 is 0 Å². The molecule has 1 aliphatic heterocycles. The van der Waals surface area contributed by atoms with Gasteiger partial charge in [-0.2, -0.15) is 5.26 Å². The monoisotopic (exact) mass is 229 g/mol. The molecule has 0 aromatic carbocycles. The second kappa shape index (κ2) is 4.37. The minimum absolute atomic E-state index is 0.361. The predicted octanol–water partition coefficient (Wildman–Crippen LogP) is 2.83. The minimum Gasteiger partial charge on any atom is -0.371 e. The molecule has 1 saturated heterocycles. The summed E-state index contributed by atoms with van der Waals surface area (Å²) in [6.07, 6.45) is 2.95. The molecule has 0 bridgehead atoms. The number of pyridine rings is 1. The first-order valence-corrected chi connectivity index (χ1v) is 6.12. The molecule has 3 heteroatoms. The zero-order valence-corrected chi connectivity index (χ0v) is 10.8. The Kier molecular flexibility index (Phi) is 3.06. The van der Waals surface area contributed by atoms with Crippen LogP contribution in [-0.4, -0.2) is 18.1 Å². The summed E-state index contributed by atoms with van der Waals surface area (Å²) in [5.41, 5.74) is 1.99. The average molecular weight is 229 g/mol. The normalized spacial score (nSPS) is 20.4. The summed E-state index contributed by atoms with van der Waals surface area (Å²) in [6, 6.07) is 5.97. The van der Waals surface area contributed by atoms with Gasteiger partial charge in [0.1, 0.15) is 11.8 Å². The molecule has 90 valence electrons. The number of hydrogen-bond donors (Lipinski definition) is 0. The maximum absolute atomic E-state index is 8.86. The van der Waals surface area contributed by atoms with Crippen LogP contribution in [-0.2, 0) is 0 Å². The standard InChI is InChI=1S/C14H19N3/c1-14(2,3)11-5-7-17(10-11)13-4-6-16-12(8-13)9-15/h4,6,8,11H,5,7,10H2,1-3H3. The molecule has 0 amide bonds. The zero-order chi connectivity index (χ0) is 12.5. The van der Waals surface area contributed by atoms with Gasteiger partial charge in [0.25, 0.3) is 0 Å². The lowest BCUT2D eigenvalue weighted by Gasteiger charge is -2.27. The summed E-state index contributed by atoms with van der Waals surface area (Å²) in [7, 11) is 0. The van der Waals surface area contributed by atoms with E-state index in [1.54, 1.807) is 6.20 Å². The highest BCUT2D eigenvalue weighted by molar-refractivity contribution is 5.49. The van der Waals surface area contributed by atoms with Crippen LogP contribution in [0, 0.1) is 22.7 Å². The van der Waals surface area contributed by atoms with Gasteiger partial charge in [0.2, 0.25) is 0 Å². The lowest BCUT2D eigenvalue weighted by atomic mass is 9.80. The Morgan fingerprint density at radius 3 is 2.82 bits per heavy atom. The van der Waals surface area contributed by atoms with E-state index in [-0.39, 0.29) is 0 Å². The molecule has 0 saturated carbocycles. The molecule has 17 heavy (non-hydrogen) atoms. The highest BCUT2D eigenvalue weighted by Crippen LogP contribution is 2.35. The molecule has 1 fully saturated rings. The van der Waals surface area contributed by atoms with Crippen LogP contribution in [0.5, 0.6) is 0 Å². The van der Waals surface area contributed by atoms with Crippen LogP contribution in [0.3, 0.4) is 0 Å². The first kappa shape index (κ1) is 11.9. The molecule has 0 N–H and O–H groups in total. The summed E-state index contributed by atoms with van der Waals surface area (Å²) in [4.78, 5) is 6.37. The van der Waals surface area contributed by atoms with Gasteiger partial charge in [0, 0.05) is 25.0 Å². The fourth-order valence-electron chi connectivity index (χ4n) is 2.38. The van der Waals surface area contributed by atoms with Crippen molar-refractivity contribution in [1.82, 2.24) is 4.98 Å². The van der Waals surface area contributed by atoms with E-state index in [2.05, 4.69) is 36.7 Å². The fourth-order valence-corrected chi connectivity index (χ4v) is 2.38. The maximum atomic E-state index is 8.86. The molecule has 1 aliphatic rings. The summed E-state index contributed by atoms with van der Waals surface area (Å²) in [5.74, 6) is 0.723. The second-order valence-corrected chi connectivity index (χ2v) is 5.81. The number of nitrogens with zero attached hydrogens (tertiary/aromatic N) is 3. The van der Waals surface area contributed by atoms with Crippen LogP contribution in [0.4, 0.5) is 5.69 Å². The molecule has 0 spiro atoms. The third-order valence-electron chi connectivity index (χ3n) is 3.64. The zero-order valence-electron chi connectivity index (χ0n) is 10.8. The third kappa shape index (κ3) is 2.58. The number of anilines is 1. The Bertz CT molecular complexity index is 440. The van der Waals surface area contributed by atoms with E-state index >= 15 is 0 Å². The van der Waals surface area contributed by atoms with E-state index in [0.717, 1.165) is 24.7 Å². The van der Waals surface area contributed by atoms with Crippen molar-refractivity contribution >= 4 is 5.69 Å². The van der Waals surface area contributed by atoms with Gasteiger partial charge in [0.15, 0.2) is 0 Å². The lowest BCUT2D eigenvalue weighted by molar-refractivity contribution is 0.263. The van der Waals surface area contributed by atoms with Gasteiger partial charge in [-0.3, -0.25) is 0 Å². The van der Waals surface area contributed by atoms with Crippen molar-refractivity contribution in [2.75, 3.05) is 18.0 Å². The van der Waals surface area contributed by atoms with Crippen molar-refractivity contribution in [3.63, 3.8) is 0 Å². The SMILES string of the molecule is CC(C)(C)C1CCN(c2ccnc(C#N)c2)C1. The Morgan fingerprint density at radius 1 is 1.47 bits per heavy atom. The number of nitriles is 1. The molecular formula is C14H19N3. The molecule has 1 aromatic heterocycles. The number of aromatic nitrogens is 1. The predicted molar refractivity (Wildman–Crippen MR) is 68.7 cm³/mol. The smallest absolute Gasteiger partial charge is 0.142 e. The molecule has 2 rings (SSSR count). The Labute approximate surface area is 103 Å². The van der Waals surface area contributed by atoms with Crippen molar-refractivity contribution in [1.29, 1.82) is 5.26 Å². The molecule has 1 atom stereocenters. The van der Waals surface area contributed by atoms with Crippen LogP contribution in [0.1, 0.15) is 32.9 Å². The maximum Gasteiger partial charge on any atom is 0.142 e. The van der Waals surface area contributed by atoms with Crippen LogP contribution in [0.15, 0.2) is 18.3 Å². The molecular weight excluding hydrogens is 210 g/mol. The number of rotatable bonds is 1. The van der Waals surface area contributed by atoms with Crippen molar-refractivity contribution in [3.8, 4) is 6.07 Å². The minimum atomic E-state index is 0.361. The summed E-state index contributed by atoms with van der Waals surface area (Å²) in [5, 5.41) is 8.86. The molecule has 0 radical (unpaired) electrons. The third-order valence-corrected chi connectivity index (χ3v) is 3.64. The quantitative estimate of drug-likeness (QED) is 0.743. The Hall–Kier alpha value is -1.56. The lowest BCUT2D eigenvalue weighted by Crippen LogP contribution is -2.25. The summed E-state index contributed by atoms with van der Waals surface area (Å²) >= 11 is 0. The van der Waals surface area contributed by atoms with Gasteiger partial charge in [-0.15, -0.1) is 0 Å². The number of hydrogen-bond acceptors (Lipinski definition) is 3. The van der Waals surface area contributed by atoms with Crippen molar-refractivity contribution in [2.45, 2.75) is 27.2 Å². The first-order valence-electron chi connectivity index (χ1n) is 6.12. The van der Waals surface area contributed by atoms with E-state index in [0.29, 0.717) is 11.1 Å². The molecule has 1 aromatic rings. The van der Waals surface area contributed by atoms with Crippen molar-refractivity contribution < 1.29 is 0 Å². The molecule has 3 nitrogen and oxygen atoms in total. The van der Waals surface area contributed by atoms with Crippen LogP contribution in [0.25, 0.3) is 0 Å². The van der Waals surface area contributed by atoms with E-state index in [1.807, 2.05) is 12.1 Å². The Morgan fingerprint density at radius 2 is 2.24 bits per heavy atom. The van der Waals surface area contributed by atoms with Gasteiger partial charge >= 0.3 is 0 Å². The largest absolute Gasteiger partial charge is 0.371 e. The fraction of sp³-hybridized carbons (Fsp3) is 0.571. The van der Waals surface area contributed by atoms with Crippen molar-refractivity contribution in [2.24, 2.45) is 11.3 Å². The van der Waals surface area contributed by atoms with E-state index in [1.165, 1.54) is 6.42 Å². The van der Waals surface area contributed by atoms with Crippen molar-refractivity contribution in [3.05, 3.63) is 24.0 Å². The van der Waals surface area contributed by atoms with Crippen LogP contribution >= 0.6 is 0 Å². The highest BCUT2D eigenvalue weighted by atomic mass is 15.2. The van der Waals surface area contributed by atoms with Gasteiger partial charge < -0.3 is 4.90 Å². The summed E-state index contributed by atoms with van der Waals surface area (Å²) < 4.78 is 0. The highest BCUT2D eigenvalue weighted by Gasteiger charge is 2.31. The Balaban J connectivity index is 2.13. The van der Waals surface area contributed by atoms with Gasteiger partial charge in [0.05, 0.1) is 0 Å². The van der Waals surface area contributed by atoms with E-state index in [9.17, 15) is 0 Å². The average Bonchev–Trinajstić information content (AvgIpc) is 2.78. The van der Waals surface area contributed by atoms with E-state index in [4.69, 9.17) is 5.26 Å². The van der Waals surface area contributed by atoms with Crippen LogP contribution in [0.2, 0.25) is 0 Å². The second-order valence-electron chi connectivity index (χ2n) is 5.81. The summed E-state index contributed by atoms with van der Waals surface area (Å²) in [6.45, 7) is 9.06. The van der Waals surface area contributed by atoms with Gasteiger partial charge in [-0.05, 0) is 29.9 Å². The van der Waals surface area contributed by atoms with Crippen LogP contribution < -0.4 is 4.90 Å².